The molecule has 0 atom stereocenters. The number of para-hydroxylation sites is 1. The number of hydrogen-bond donors (Lipinski definition) is 1. The lowest BCUT2D eigenvalue weighted by Crippen LogP contribution is -2.29. The molecule has 124 valence electrons. The first-order valence-corrected chi connectivity index (χ1v) is 9.17. The van der Waals surface area contributed by atoms with E-state index in [-0.39, 0.29) is 17.3 Å². The molecule has 0 spiro atoms. The predicted molar refractivity (Wildman–Crippen MR) is 90.4 cm³/mol. The number of anilines is 1. The molecule has 0 aliphatic heterocycles. The van der Waals surface area contributed by atoms with Gasteiger partial charge >= 0.3 is 0 Å². The highest BCUT2D eigenvalue weighted by Gasteiger charge is 2.23. The van der Waals surface area contributed by atoms with Crippen LogP contribution in [0.25, 0.3) is 0 Å². The van der Waals surface area contributed by atoms with Crippen molar-refractivity contribution in [2.45, 2.75) is 4.90 Å². The first-order valence-electron chi connectivity index (χ1n) is 6.85. The van der Waals surface area contributed by atoms with Gasteiger partial charge in [-0.2, -0.15) is 4.31 Å². The van der Waals surface area contributed by atoms with Crippen LogP contribution in [0.15, 0.2) is 46.7 Å². The van der Waals surface area contributed by atoms with Gasteiger partial charge in [-0.15, -0.1) is 11.3 Å². The van der Waals surface area contributed by atoms with Crippen LogP contribution in [0.5, 0.6) is 0 Å². The zero-order chi connectivity index (χ0) is 16.9. The van der Waals surface area contributed by atoms with Gasteiger partial charge < -0.3 is 10.1 Å². The molecule has 0 saturated heterocycles. The number of ether oxygens (including phenoxy) is 1. The number of sulfonamides is 1. The van der Waals surface area contributed by atoms with E-state index >= 15 is 0 Å². The molecule has 1 heterocycles. The molecule has 0 saturated carbocycles. The molecule has 8 heteroatoms. The number of benzene rings is 1. The van der Waals surface area contributed by atoms with Crippen molar-refractivity contribution in [1.29, 1.82) is 0 Å². The summed E-state index contributed by atoms with van der Waals surface area (Å²) in [5.41, 5.74) is 0.660. The highest BCUT2D eigenvalue weighted by Crippen LogP contribution is 2.23. The number of likely N-dealkylation sites (N-methyl/N-ethyl adjacent to an activating group) is 1. The van der Waals surface area contributed by atoms with Gasteiger partial charge in [-0.05, 0) is 18.2 Å². The average Bonchev–Trinajstić information content (AvgIpc) is 3.04. The highest BCUT2D eigenvalue weighted by molar-refractivity contribution is 7.89. The van der Waals surface area contributed by atoms with Crippen molar-refractivity contribution in [3.8, 4) is 0 Å². The molecule has 1 N–H and O–H groups in total. The second-order valence-electron chi connectivity index (χ2n) is 4.79. The molecular formula is C15H18N2O4S2. The summed E-state index contributed by atoms with van der Waals surface area (Å²) in [6.45, 7) is 0.557. The van der Waals surface area contributed by atoms with E-state index in [1.807, 2.05) is 18.2 Å². The lowest BCUT2D eigenvalue weighted by Gasteiger charge is -2.15. The molecule has 1 aromatic carbocycles. The Morgan fingerprint density at radius 3 is 2.65 bits per heavy atom. The summed E-state index contributed by atoms with van der Waals surface area (Å²) in [6, 6.07) is 10.4. The molecule has 6 nitrogen and oxygen atoms in total. The third-order valence-electron chi connectivity index (χ3n) is 3.15. The van der Waals surface area contributed by atoms with Crippen LogP contribution < -0.4 is 5.32 Å². The van der Waals surface area contributed by atoms with Crippen molar-refractivity contribution in [2.75, 3.05) is 32.6 Å². The van der Waals surface area contributed by atoms with Gasteiger partial charge in [-0.3, -0.25) is 4.79 Å². The Morgan fingerprint density at radius 1 is 1.30 bits per heavy atom. The third kappa shape index (κ3) is 4.38. The first-order chi connectivity index (χ1) is 10.9. The van der Waals surface area contributed by atoms with Gasteiger partial charge in [0.2, 0.25) is 10.0 Å². The maximum atomic E-state index is 12.4. The standard InChI is InChI=1S/C15H18N2O4S2/c1-17(8-9-21-2)23(19,20)13-10-14(22-11-13)15(18)16-12-6-4-3-5-7-12/h3-7,10-11H,8-9H2,1-2H3,(H,16,18). The fourth-order valence-corrected chi connectivity index (χ4v) is 4.12. The number of methoxy groups -OCH3 is 1. The van der Waals surface area contributed by atoms with Crippen LogP contribution in [0.4, 0.5) is 5.69 Å². The number of rotatable bonds is 7. The Morgan fingerprint density at radius 2 is 2.00 bits per heavy atom. The average molecular weight is 354 g/mol. The molecule has 2 rings (SSSR count). The van der Waals surface area contributed by atoms with Gasteiger partial charge in [-0.1, -0.05) is 18.2 Å². The zero-order valence-corrected chi connectivity index (χ0v) is 14.5. The topological polar surface area (TPSA) is 75.7 Å². The molecule has 0 aliphatic carbocycles. The van der Waals surface area contributed by atoms with Crippen LogP contribution in [0.1, 0.15) is 9.67 Å². The minimum Gasteiger partial charge on any atom is -0.383 e. The smallest absolute Gasteiger partial charge is 0.265 e. The first kappa shape index (κ1) is 17.6. The SMILES string of the molecule is COCCN(C)S(=O)(=O)c1csc(C(=O)Nc2ccccc2)c1. The maximum Gasteiger partial charge on any atom is 0.265 e. The van der Waals surface area contributed by atoms with E-state index in [0.717, 1.165) is 11.3 Å². The molecular weight excluding hydrogens is 336 g/mol. The van der Waals surface area contributed by atoms with Crippen molar-refractivity contribution in [3.05, 3.63) is 46.7 Å². The number of thiophene rings is 1. The lowest BCUT2D eigenvalue weighted by atomic mass is 10.3. The Kier molecular flexibility index (Phi) is 5.89. The molecule has 2 aromatic rings. The number of carbonyl (C=O) groups is 1. The summed E-state index contributed by atoms with van der Waals surface area (Å²) < 4.78 is 30.8. The summed E-state index contributed by atoms with van der Waals surface area (Å²) in [7, 11) is -0.620. The lowest BCUT2D eigenvalue weighted by molar-refractivity contribution is 0.103. The summed E-state index contributed by atoms with van der Waals surface area (Å²) in [6.07, 6.45) is 0. The van der Waals surface area contributed by atoms with Crippen LogP contribution in [0, 0.1) is 0 Å². The number of amides is 1. The molecule has 23 heavy (non-hydrogen) atoms. The van der Waals surface area contributed by atoms with Gasteiger partial charge in [0.15, 0.2) is 0 Å². The monoisotopic (exact) mass is 354 g/mol. The van der Waals surface area contributed by atoms with Crippen LogP contribution in [0.3, 0.4) is 0 Å². The van der Waals surface area contributed by atoms with Crippen LogP contribution in [-0.2, 0) is 14.8 Å². The zero-order valence-electron chi connectivity index (χ0n) is 12.9. The fourth-order valence-electron chi connectivity index (χ4n) is 1.81. The van der Waals surface area contributed by atoms with Gasteiger partial charge in [0, 0.05) is 31.8 Å². The van der Waals surface area contributed by atoms with Crippen molar-refractivity contribution in [2.24, 2.45) is 0 Å². The number of nitrogens with zero attached hydrogens (tertiary/aromatic N) is 1. The van der Waals surface area contributed by atoms with Gasteiger partial charge in [0.1, 0.15) is 0 Å². The van der Waals surface area contributed by atoms with Crippen molar-refractivity contribution >= 4 is 33.0 Å². The Balaban J connectivity index is 2.12. The molecule has 0 radical (unpaired) electrons. The molecule has 1 aromatic heterocycles. The van der Waals surface area contributed by atoms with E-state index in [9.17, 15) is 13.2 Å². The summed E-state index contributed by atoms with van der Waals surface area (Å²) in [5, 5.41) is 4.20. The van der Waals surface area contributed by atoms with Crippen LogP contribution >= 0.6 is 11.3 Å². The number of carbonyl (C=O) groups excluding carboxylic acids is 1. The quantitative estimate of drug-likeness (QED) is 0.827. The second kappa shape index (κ2) is 7.69. The van der Waals surface area contributed by atoms with E-state index < -0.39 is 10.0 Å². The molecule has 0 bridgehead atoms. The normalized spacial score (nSPS) is 11.6. The minimum absolute atomic E-state index is 0.110. The highest BCUT2D eigenvalue weighted by atomic mass is 32.2. The van der Waals surface area contributed by atoms with Gasteiger partial charge in [0.05, 0.1) is 16.4 Å². The minimum atomic E-state index is -3.61. The van der Waals surface area contributed by atoms with Gasteiger partial charge in [0.25, 0.3) is 5.91 Å². The summed E-state index contributed by atoms with van der Waals surface area (Å²) in [5.74, 6) is -0.331. The van der Waals surface area contributed by atoms with E-state index in [4.69, 9.17) is 4.74 Å². The largest absolute Gasteiger partial charge is 0.383 e. The Bertz CT molecular complexity index is 757. The molecule has 0 aliphatic rings. The Hall–Kier alpha value is -1.74. The van der Waals surface area contributed by atoms with E-state index in [2.05, 4.69) is 5.32 Å². The van der Waals surface area contributed by atoms with Crippen molar-refractivity contribution in [1.82, 2.24) is 4.31 Å². The van der Waals surface area contributed by atoms with Crippen LogP contribution in [-0.4, -0.2) is 45.9 Å². The third-order valence-corrected chi connectivity index (χ3v) is 6.06. The summed E-state index contributed by atoms with van der Waals surface area (Å²) in [4.78, 5) is 12.6. The van der Waals surface area contributed by atoms with E-state index in [1.165, 1.54) is 29.9 Å². The van der Waals surface area contributed by atoms with Gasteiger partial charge in [-0.25, -0.2) is 8.42 Å². The van der Waals surface area contributed by atoms with Crippen molar-refractivity contribution in [3.63, 3.8) is 0 Å². The number of hydrogen-bond acceptors (Lipinski definition) is 5. The molecule has 1 amide bonds. The number of nitrogens with one attached hydrogen (secondary N) is 1. The maximum absolute atomic E-state index is 12.4. The summed E-state index contributed by atoms with van der Waals surface area (Å²) >= 11 is 1.10. The second-order valence-corrected chi connectivity index (χ2v) is 7.74. The Labute approximate surface area is 139 Å². The van der Waals surface area contributed by atoms with E-state index in [0.29, 0.717) is 17.2 Å². The van der Waals surface area contributed by atoms with Crippen molar-refractivity contribution < 1.29 is 17.9 Å². The predicted octanol–water partition coefficient (Wildman–Crippen LogP) is 2.27. The van der Waals surface area contributed by atoms with E-state index in [1.54, 1.807) is 12.1 Å². The fraction of sp³-hybridized carbons (Fsp3) is 0.267. The van der Waals surface area contributed by atoms with Crippen LogP contribution in [0.2, 0.25) is 0 Å². The molecule has 0 fully saturated rings. The molecule has 0 unspecified atom stereocenters.